The Morgan fingerprint density at radius 2 is 1.94 bits per heavy atom. The van der Waals surface area contributed by atoms with Crippen LogP contribution < -0.4 is 0 Å². The van der Waals surface area contributed by atoms with Crippen LogP contribution in [0.25, 0.3) is 0 Å². The number of furan rings is 1. The molecular formula is C10H13NO5. The summed E-state index contributed by atoms with van der Waals surface area (Å²) in [5.74, 6) is -2.12. The Bertz CT molecular complexity index is 343. The van der Waals surface area contributed by atoms with Gasteiger partial charge in [-0.05, 0) is 13.0 Å². The number of carboxylic acids is 2. The Labute approximate surface area is 92.1 Å². The van der Waals surface area contributed by atoms with Crippen LogP contribution in [0.5, 0.6) is 0 Å². The van der Waals surface area contributed by atoms with Gasteiger partial charge in [0.05, 0.1) is 25.6 Å². The molecule has 0 saturated heterocycles. The first-order valence-electron chi connectivity index (χ1n) is 4.70. The van der Waals surface area contributed by atoms with Crippen molar-refractivity contribution in [1.82, 2.24) is 4.90 Å². The van der Waals surface area contributed by atoms with E-state index in [-0.39, 0.29) is 19.1 Å². The third kappa shape index (κ3) is 3.39. The predicted octanol–water partition coefficient (Wildman–Crippen LogP) is 0.812. The molecule has 0 amide bonds. The van der Waals surface area contributed by atoms with Crippen molar-refractivity contribution in [3.63, 3.8) is 0 Å². The van der Waals surface area contributed by atoms with E-state index in [1.54, 1.807) is 13.0 Å². The van der Waals surface area contributed by atoms with Gasteiger partial charge < -0.3 is 14.6 Å². The van der Waals surface area contributed by atoms with E-state index in [2.05, 4.69) is 0 Å². The third-order valence-electron chi connectivity index (χ3n) is 2.25. The molecule has 0 bridgehead atoms. The highest BCUT2D eigenvalue weighted by molar-refractivity contribution is 5.72. The molecule has 0 aliphatic carbocycles. The van der Waals surface area contributed by atoms with Crippen molar-refractivity contribution < 1.29 is 24.2 Å². The molecule has 88 valence electrons. The molecule has 16 heavy (non-hydrogen) atoms. The van der Waals surface area contributed by atoms with E-state index in [1.165, 1.54) is 17.4 Å². The van der Waals surface area contributed by atoms with Gasteiger partial charge in [0.2, 0.25) is 0 Å². The predicted molar refractivity (Wildman–Crippen MR) is 54.0 cm³/mol. The lowest BCUT2D eigenvalue weighted by atomic mass is 10.1. The monoisotopic (exact) mass is 227 g/mol. The first-order chi connectivity index (χ1) is 7.50. The summed E-state index contributed by atoms with van der Waals surface area (Å²) in [6, 6.07) is 1.37. The minimum absolute atomic E-state index is 0.314. The van der Waals surface area contributed by atoms with E-state index in [4.69, 9.17) is 14.6 Å². The quantitative estimate of drug-likeness (QED) is 0.747. The van der Waals surface area contributed by atoms with Crippen LogP contribution in [0, 0.1) is 0 Å². The van der Waals surface area contributed by atoms with Gasteiger partial charge in [-0.2, -0.15) is 0 Å². The third-order valence-corrected chi connectivity index (χ3v) is 2.25. The van der Waals surface area contributed by atoms with E-state index in [0.717, 1.165) is 5.56 Å². The van der Waals surface area contributed by atoms with E-state index in [1.807, 2.05) is 0 Å². The van der Waals surface area contributed by atoms with Crippen LogP contribution in [-0.4, -0.2) is 40.1 Å². The summed E-state index contributed by atoms with van der Waals surface area (Å²) in [4.78, 5) is 22.6. The molecule has 6 heteroatoms. The van der Waals surface area contributed by atoms with Crippen LogP contribution in [0.4, 0.5) is 0 Å². The molecule has 0 spiro atoms. The van der Waals surface area contributed by atoms with Crippen LogP contribution >= 0.6 is 0 Å². The van der Waals surface area contributed by atoms with E-state index >= 15 is 0 Å². The Kier molecular flexibility index (Phi) is 4.07. The summed E-state index contributed by atoms with van der Waals surface area (Å²) in [6.45, 7) is 1.09. The van der Waals surface area contributed by atoms with Crippen LogP contribution in [0.1, 0.15) is 18.5 Å². The SMILES string of the molecule is CC(c1ccoc1)N(CC(=O)O)CC(=O)O. The van der Waals surface area contributed by atoms with Crippen molar-refractivity contribution in [1.29, 1.82) is 0 Å². The zero-order valence-corrected chi connectivity index (χ0v) is 8.79. The van der Waals surface area contributed by atoms with Crippen molar-refractivity contribution in [2.24, 2.45) is 0 Å². The topological polar surface area (TPSA) is 91.0 Å². The van der Waals surface area contributed by atoms with Crippen molar-refractivity contribution in [2.45, 2.75) is 13.0 Å². The molecule has 0 fully saturated rings. The molecule has 1 aromatic heterocycles. The lowest BCUT2D eigenvalue weighted by Gasteiger charge is -2.24. The van der Waals surface area contributed by atoms with Crippen molar-refractivity contribution in [3.05, 3.63) is 24.2 Å². The van der Waals surface area contributed by atoms with Gasteiger partial charge in [-0.25, -0.2) is 0 Å². The van der Waals surface area contributed by atoms with Gasteiger partial charge in [0.25, 0.3) is 0 Å². The minimum atomic E-state index is -1.06. The second kappa shape index (κ2) is 5.32. The van der Waals surface area contributed by atoms with E-state index in [0.29, 0.717) is 0 Å². The first-order valence-corrected chi connectivity index (χ1v) is 4.70. The van der Waals surface area contributed by atoms with E-state index < -0.39 is 11.9 Å². The summed E-state index contributed by atoms with van der Waals surface area (Å²) in [5, 5.41) is 17.4. The second-order valence-corrected chi connectivity index (χ2v) is 3.43. The molecule has 1 unspecified atom stereocenters. The maximum atomic E-state index is 10.6. The van der Waals surface area contributed by atoms with Crippen LogP contribution in [0.3, 0.4) is 0 Å². The molecule has 2 N–H and O–H groups in total. The molecule has 0 radical (unpaired) electrons. The molecule has 1 heterocycles. The van der Waals surface area contributed by atoms with Crippen LogP contribution in [0.2, 0.25) is 0 Å². The number of hydrogen-bond acceptors (Lipinski definition) is 4. The summed E-state index contributed by atoms with van der Waals surface area (Å²) in [7, 11) is 0. The fourth-order valence-corrected chi connectivity index (χ4v) is 1.40. The van der Waals surface area contributed by atoms with E-state index in [9.17, 15) is 9.59 Å². The zero-order chi connectivity index (χ0) is 12.1. The smallest absolute Gasteiger partial charge is 0.317 e. The Morgan fingerprint density at radius 1 is 1.38 bits per heavy atom. The fourth-order valence-electron chi connectivity index (χ4n) is 1.40. The average molecular weight is 227 g/mol. The lowest BCUT2D eigenvalue weighted by Crippen LogP contribution is -2.36. The Balaban J connectivity index is 2.75. The van der Waals surface area contributed by atoms with Gasteiger partial charge in [-0.3, -0.25) is 14.5 Å². The molecule has 0 aliphatic rings. The number of carbonyl (C=O) groups is 2. The van der Waals surface area contributed by atoms with Gasteiger partial charge >= 0.3 is 11.9 Å². The highest BCUT2D eigenvalue weighted by Gasteiger charge is 2.21. The molecule has 1 rings (SSSR count). The standard InChI is InChI=1S/C10H13NO5/c1-7(8-2-3-16-6-8)11(4-9(12)13)5-10(14)15/h2-3,6-7H,4-5H2,1H3,(H,12,13)(H,14,15). The largest absolute Gasteiger partial charge is 0.480 e. The number of aliphatic carboxylic acids is 2. The fraction of sp³-hybridized carbons (Fsp3) is 0.400. The van der Waals surface area contributed by atoms with Gasteiger partial charge in [0.1, 0.15) is 0 Å². The maximum Gasteiger partial charge on any atom is 0.317 e. The molecule has 1 aromatic rings. The summed E-state index contributed by atoms with van der Waals surface area (Å²) in [5.41, 5.74) is 0.752. The van der Waals surface area contributed by atoms with Crippen molar-refractivity contribution >= 4 is 11.9 Å². The summed E-state index contributed by atoms with van der Waals surface area (Å²) < 4.78 is 4.87. The normalized spacial score (nSPS) is 12.6. The van der Waals surface area contributed by atoms with Crippen molar-refractivity contribution in [3.8, 4) is 0 Å². The number of nitrogens with zero attached hydrogens (tertiary/aromatic N) is 1. The van der Waals surface area contributed by atoms with Crippen molar-refractivity contribution in [2.75, 3.05) is 13.1 Å². The maximum absolute atomic E-state index is 10.6. The molecule has 6 nitrogen and oxygen atoms in total. The van der Waals surface area contributed by atoms with Gasteiger partial charge in [0, 0.05) is 11.6 Å². The summed E-state index contributed by atoms with van der Waals surface area (Å²) >= 11 is 0. The highest BCUT2D eigenvalue weighted by Crippen LogP contribution is 2.19. The summed E-state index contributed by atoms with van der Waals surface area (Å²) in [6.07, 6.45) is 2.94. The van der Waals surface area contributed by atoms with Gasteiger partial charge in [0.15, 0.2) is 0 Å². The van der Waals surface area contributed by atoms with Gasteiger partial charge in [-0.15, -0.1) is 0 Å². The molecule has 1 atom stereocenters. The number of hydrogen-bond donors (Lipinski definition) is 2. The molecule has 0 aromatic carbocycles. The lowest BCUT2D eigenvalue weighted by molar-refractivity contribution is -0.142. The molecule has 0 aliphatic heterocycles. The average Bonchev–Trinajstić information content (AvgIpc) is 2.66. The Hall–Kier alpha value is -1.82. The zero-order valence-electron chi connectivity index (χ0n) is 8.79. The Morgan fingerprint density at radius 3 is 2.31 bits per heavy atom. The second-order valence-electron chi connectivity index (χ2n) is 3.43. The number of rotatable bonds is 6. The van der Waals surface area contributed by atoms with Gasteiger partial charge in [-0.1, -0.05) is 0 Å². The van der Waals surface area contributed by atoms with Crippen LogP contribution in [-0.2, 0) is 9.59 Å². The van der Waals surface area contributed by atoms with Crippen LogP contribution in [0.15, 0.2) is 23.0 Å². The number of carboxylic acid groups (broad SMARTS) is 2. The highest BCUT2D eigenvalue weighted by atomic mass is 16.4. The molecule has 0 saturated carbocycles. The molecular weight excluding hydrogens is 214 g/mol. The first kappa shape index (κ1) is 12.3. The minimum Gasteiger partial charge on any atom is -0.480 e.